The highest BCUT2D eigenvalue weighted by molar-refractivity contribution is 7.09. The van der Waals surface area contributed by atoms with Crippen molar-refractivity contribution in [2.24, 2.45) is 0 Å². The molecule has 7 heteroatoms. The SMILES string of the molecule is CCc1csc(Cn2ccnc2-c2cc3c(cc2OC)OCO3)n1. The minimum absolute atomic E-state index is 0.231. The molecule has 0 radical (unpaired) electrons. The van der Waals surface area contributed by atoms with Crippen molar-refractivity contribution < 1.29 is 14.2 Å². The smallest absolute Gasteiger partial charge is 0.231 e. The van der Waals surface area contributed by atoms with E-state index in [1.165, 1.54) is 0 Å². The molecule has 1 aliphatic heterocycles. The topological polar surface area (TPSA) is 58.4 Å². The van der Waals surface area contributed by atoms with E-state index >= 15 is 0 Å². The molecule has 0 saturated carbocycles. The van der Waals surface area contributed by atoms with E-state index in [0.717, 1.165) is 28.5 Å². The quantitative estimate of drug-likeness (QED) is 0.711. The lowest BCUT2D eigenvalue weighted by atomic mass is 10.1. The van der Waals surface area contributed by atoms with Gasteiger partial charge in [-0.15, -0.1) is 11.3 Å². The average molecular weight is 343 g/mol. The molecule has 0 spiro atoms. The van der Waals surface area contributed by atoms with Crippen LogP contribution in [-0.2, 0) is 13.0 Å². The van der Waals surface area contributed by atoms with Crippen molar-refractivity contribution >= 4 is 11.3 Å². The van der Waals surface area contributed by atoms with Crippen molar-refractivity contribution in [1.82, 2.24) is 14.5 Å². The highest BCUT2D eigenvalue weighted by atomic mass is 32.1. The molecule has 6 nitrogen and oxygen atoms in total. The number of methoxy groups -OCH3 is 1. The third-order valence-corrected chi connectivity index (χ3v) is 4.80. The normalized spacial score (nSPS) is 12.6. The van der Waals surface area contributed by atoms with Crippen molar-refractivity contribution in [2.75, 3.05) is 13.9 Å². The standard InChI is InChI=1S/C17H17N3O3S/c1-3-11-9-24-16(19-11)8-20-5-4-18-17(20)12-6-14-15(23-10-22-14)7-13(12)21-2/h4-7,9H,3,8,10H2,1-2H3. The third-order valence-electron chi connectivity index (χ3n) is 3.92. The molecule has 0 saturated heterocycles. The van der Waals surface area contributed by atoms with Crippen LogP contribution in [0.1, 0.15) is 17.6 Å². The molecule has 2 aromatic heterocycles. The number of benzene rings is 1. The van der Waals surface area contributed by atoms with Gasteiger partial charge in [0.1, 0.15) is 16.6 Å². The highest BCUT2D eigenvalue weighted by Crippen LogP contribution is 2.42. The van der Waals surface area contributed by atoms with Crippen LogP contribution >= 0.6 is 11.3 Å². The Labute approximate surface area is 143 Å². The van der Waals surface area contributed by atoms with Gasteiger partial charge < -0.3 is 18.8 Å². The Morgan fingerprint density at radius 2 is 2.12 bits per heavy atom. The van der Waals surface area contributed by atoms with Gasteiger partial charge >= 0.3 is 0 Å². The number of ether oxygens (including phenoxy) is 3. The second-order valence-corrected chi connectivity index (χ2v) is 6.31. The second kappa shape index (κ2) is 6.16. The summed E-state index contributed by atoms with van der Waals surface area (Å²) in [7, 11) is 1.64. The van der Waals surface area contributed by atoms with E-state index in [2.05, 4.69) is 26.8 Å². The Morgan fingerprint density at radius 1 is 1.29 bits per heavy atom. The van der Waals surface area contributed by atoms with Crippen LogP contribution in [0.2, 0.25) is 0 Å². The highest BCUT2D eigenvalue weighted by Gasteiger charge is 2.21. The van der Waals surface area contributed by atoms with Gasteiger partial charge in [-0.25, -0.2) is 9.97 Å². The minimum atomic E-state index is 0.231. The average Bonchev–Trinajstić information content (AvgIpc) is 3.34. The number of rotatable bonds is 5. The van der Waals surface area contributed by atoms with Crippen LogP contribution < -0.4 is 14.2 Å². The van der Waals surface area contributed by atoms with E-state index in [4.69, 9.17) is 14.2 Å². The fraction of sp³-hybridized carbons (Fsp3) is 0.294. The summed E-state index contributed by atoms with van der Waals surface area (Å²) in [5.74, 6) is 2.93. The predicted octanol–water partition coefficient (Wildman–Crippen LogP) is 3.35. The van der Waals surface area contributed by atoms with Crippen LogP contribution in [0.4, 0.5) is 0 Å². The molecule has 0 unspecified atom stereocenters. The van der Waals surface area contributed by atoms with E-state index in [-0.39, 0.29) is 6.79 Å². The molecular formula is C17H17N3O3S. The summed E-state index contributed by atoms with van der Waals surface area (Å²) < 4.78 is 18.5. The minimum Gasteiger partial charge on any atom is -0.496 e. The number of hydrogen-bond acceptors (Lipinski definition) is 6. The summed E-state index contributed by atoms with van der Waals surface area (Å²) in [6, 6.07) is 3.76. The van der Waals surface area contributed by atoms with Gasteiger partial charge in [-0.3, -0.25) is 0 Å². The zero-order chi connectivity index (χ0) is 16.5. The van der Waals surface area contributed by atoms with Crippen molar-refractivity contribution in [3.8, 4) is 28.6 Å². The van der Waals surface area contributed by atoms with Crippen LogP contribution in [0.25, 0.3) is 11.4 Å². The van der Waals surface area contributed by atoms with Gasteiger partial charge in [0, 0.05) is 23.8 Å². The zero-order valence-corrected chi connectivity index (χ0v) is 14.3. The first kappa shape index (κ1) is 15.0. The number of aromatic nitrogens is 3. The molecule has 0 aliphatic carbocycles. The van der Waals surface area contributed by atoms with Crippen molar-refractivity contribution in [3.05, 3.63) is 40.6 Å². The molecule has 1 aliphatic rings. The Bertz CT molecular complexity index is 872. The molecule has 0 bridgehead atoms. The number of nitrogens with zero attached hydrogens (tertiary/aromatic N) is 3. The second-order valence-electron chi connectivity index (χ2n) is 5.37. The number of imidazole rings is 1. The van der Waals surface area contributed by atoms with Gasteiger partial charge in [0.15, 0.2) is 11.5 Å². The summed E-state index contributed by atoms with van der Waals surface area (Å²) in [6.07, 6.45) is 4.68. The molecule has 0 N–H and O–H groups in total. The van der Waals surface area contributed by atoms with E-state index in [0.29, 0.717) is 23.8 Å². The maximum Gasteiger partial charge on any atom is 0.231 e. The van der Waals surface area contributed by atoms with Gasteiger partial charge in [0.05, 0.1) is 24.9 Å². The first-order valence-corrected chi connectivity index (χ1v) is 8.59. The number of fused-ring (bicyclic) bond motifs is 1. The molecular weight excluding hydrogens is 326 g/mol. The monoisotopic (exact) mass is 343 g/mol. The summed E-state index contributed by atoms with van der Waals surface area (Å²) in [4.78, 5) is 9.14. The molecule has 24 heavy (non-hydrogen) atoms. The molecule has 0 atom stereocenters. The maximum atomic E-state index is 5.52. The van der Waals surface area contributed by atoms with Gasteiger partial charge in [-0.1, -0.05) is 6.92 Å². The summed E-state index contributed by atoms with van der Waals surface area (Å²) in [5, 5.41) is 3.17. The number of aryl methyl sites for hydroxylation is 1. The number of thiazole rings is 1. The Morgan fingerprint density at radius 3 is 2.88 bits per heavy atom. The van der Waals surface area contributed by atoms with Crippen molar-refractivity contribution in [3.63, 3.8) is 0 Å². The lowest BCUT2D eigenvalue weighted by Crippen LogP contribution is -2.02. The van der Waals surface area contributed by atoms with E-state index in [1.807, 2.05) is 18.3 Å². The van der Waals surface area contributed by atoms with Crippen LogP contribution in [0, 0.1) is 0 Å². The summed E-state index contributed by atoms with van der Waals surface area (Å²) in [6.45, 7) is 3.02. The van der Waals surface area contributed by atoms with Crippen LogP contribution in [-0.4, -0.2) is 28.4 Å². The van der Waals surface area contributed by atoms with Gasteiger partial charge in [0.2, 0.25) is 6.79 Å². The van der Waals surface area contributed by atoms with E-state index < -0.39 is 0 Å². The largest absolute Gasteiger partial charge is 0.496 e. The predicted molar refractivity (Wildman–Crippen MR) is 90.9 cm³/mol. The third kappa shape index (κ3) is 2.60. The fourth-order valence-electron chi connectivity index (χ4n) is 2.68. The summed E-state index contributed by atoms with van der Waals surface area (Å²) in [5.41, 5.74) is 2.00. The molecule has 4 rings (SSSR count). The molecule has 1 aromatic carbocycles. The van der Waals surface area contributed by atoms with Crippen LogP contribution in [0.3, 0.4) is 0 Å². The molecule has 3 aromatic rings. The van der Waals surface area contributed by atoms with Crippen LogP contribution in [0.5, 0.6) is 17.2 Å². The lowest BCUT2D eigenvalue weighted by Gasteiger charge is -2.11. The number of hydrogen-bond donors (Lipinski definition) is 0. The van der Waals surface area contributed by atoms with Crippen molar-refractivity contribution in [2.45, 2.75) is 19.9 Å². The van der Waals surface area contributed by atoms with Gasteiger partial charge in [0.25, 0.3) is 0 Å². The molecule has 0 fully saturated rings. The first-order valence-electron chi connectivity index (χ1n) is 7.71. The zero-order valence-electron chi connectivity index (χ0n) is 13.5. The molecule has 124 valence electrons. The summed E-state index contributed by atoms with van der Waals surface area (Å²) >= 11 is 1.67. The maximum absolute atomic E-state index is 5.52. The fourth-order valence-corrected chi connectivity index (χ4v) is 3.55. The molecule has 0 amide bonds. The van der Waals surface area contributed by atoms with Crippen LogP contribution in [0.15, 0.2) is 29.9 Å². The van der Waals surface area contributed by atoms with E-state index in [1.54, 1.807) is 24.6 Å². The van der Waals surface area contributed by atoms with Gasteiger partial charge in [-0.05, 0) is 12.5 Å². The van der Waals surface area contributed by atoms with E-state index in [9.17, 15) is 0 Å². The first-order chi connectivity index (χ1) is 11.8. The van der Waals surface area contributed by atoms with Gasteiger partial charge in [-0.2, -0.15) is 0 Å². The van der Waals surface area contributed by atoms with Crippen molar-refractivity contribution in [1.29, 1.82) is 0 Å². The Kier molecular flexibility index (Phi) is 3.86. The molecule has 3 heterocycles. The Hall–Kier alpha value is -2.54. The lowest BCUT2D eigenvalue weighted by molar-refractivity contribution is 0.174. The Balaban J connectivity index is 1.72.